The summed E-state index contributed by atoms with van der Waals surface area (Å²) < 4.78 is 0. The van der Waals surface area contributed by atoms with E-state index in [1.165, 1.54) is 17.0 Å². The summed E-state index contributed by atoms with van der Waals surface area (Å²) in [7, 11) is 0. The maximum atomic E-state index is 14.4. The number of amides is 6. The van der Waals surface area contributed by atoms with Crippen LogP contribution >= 0.6 is 0 Å². The van der Waals surface area contributed by atoms with Gasteiger partial charge in [0.2, 0.25) is 35.4 Å². The Labute approximate surface area is 311 Å². The van der Waals surface area contributed by atoms with Crippen LogP contribution in [0.15, 0.2) is 54.6 Å². The van der Waals surface area contributed by atoms with Crippen LogP contribution in [0.5, 0.6) is 5.75 Å². The molecule has 288 valence electrons. The minimum Gasteiger partial charge on any atom is -0.508 e. The molecule has 14 heteroatoms. The first-order chi connectivity index (χ1) is 25.3. The molecule has 2 aromatic carbocycles. The van der Waals surface area contributed by atoms with Crippen LogP contribution in [0.1, 0.15) is 70.9 Å². The minimum absolute atomic E-state index is 0.0222. The summed E-state index contributed by atoms with van der Waals surface area (Å²) in [4.78, 5) is 85.6. The van der Waals surface area contributed by atoms with Crippen molar-refractivity contribution >= 4 is 35.4 Å². The minimum atomic E-state index is -1.16. The molecule has 0 aromatic heterocycles. The van der Waals surface area contributed by atoms with E-state index < -0.39 is 77.6 Å². The highest BCUT2D eigenvalue weighted by molar-refractivity contribution is 5.98. The Hall–Kier alpha value is -4.98. The molecule has 0 saturated carbocycles. The zero-order valence-corrected chi connectivity index (χ0v) is 31.1. The van der Waals surface area contributed by atoms with Crippen molar-refractivity contribution < 1.29 is 33.9 Å². The van der Waals surface area contributed by atoms with E-state index in [9.17, 15) is 33.9 Å². The molecule has 0 radical (unpaired) electrons. The van der Waals surface area contributed by atoms with Crippen LogP contribution in [-0.4, -0.2) is 94.8 Å². The van der Waals surface area contributed by atoms with Gasteiger partial charge in [-0.25, -0.2) is 0 Å². The van der Waals surface area contributed by atoms with E-state index in [1.54, 1.807) is 26.0 Å². The van der Waals surface area contributed by atoms with Crippen molar-refractivity contribution in [3.8, 4) is 5.75 Å². The van der Waals surface area contributed by atoms with E-state index >= 15 is 0 Å². The van der Waals surface area contributed by atoms with Gasteiger partial charge >= 0.3 is 0 Å². The number of benzene rings is 2. The van der Waals surface area contributed by atoms with E-state index in [0.717, 1.165) is 5.56 Å². The predicted molar refractivity (Wildman–Crippen MR) is 199 cm³/mol. The lowest BCUT2D eigenvalue weighted by molar-refractivity contribution is -0.143. The average Bonchev–Trinajstić information content (AvgIpc) is 3.62. The summed E-state index contributed by atoms with van der Waals surface area (Å²) in [5.41, 5.74) is 7.20. The molecule has 53 heavy (non-hydrogen) atoms. The molecule has 4 rings (SSSR count). The molecular weight excluding hydrogens is 678 g/mol. The van der Waals surface area contributed by atoms with Crippen LogP contribution in [0.3, 0.4) is 0 Å². The standard InChI is InChI=1S/C39H55N7O7/c1-23(2)20-29-35(49)44-31(22-25-10-6-5-7-11-25)39(53)46-19-9-13-32(46)37(51)43-30(21-26-14-16-27(47)17-15-26)36(50)45-33(24(3)4)38(52)41-28(12-8-18-40)34(48)42-29/h5-7,10-11,14-17,23-24,28-33,47H,8-9,12-13,18-22,40H2,1-4H3,(H,41,52)(H,42,48)(H,43,51)(H,44,49)(H,45,50)/t28-,29-,30-,31+,32-,33-/m0/s1. The van der Waals surface area contributed by atoms with Crippen LogP contribution in [-0.2, 0) is 41.6 Å². The number of carbonyl (C=O) groups excluding carboxylic acids is 6. The van der Waals surface area contributed by atoms with Gasteiger partial charge in [-0.3, -0.25) is 28.8 Å². The van der Waals surface area contributed by atoms with E-state index in [-0.39, 0.29) is 50.4 Å². The number of hydrogen-bond acceptors (Lipinski definition) is 8. The number of rotatable bonds is 10. The third kappa shape index (κ3) is 11.5. The second-order valence-corrected chi connectivity index (χ2v) is 14.8. The fraction of sp³-hybridized carbons (Fsp3) is 0.538. The molecular formula is C39H55N7O7. The predicted octanol–water partition coefficient (Wildman–Crippen LogP) is 1.05. The number of fused-ring (bicyclic) bond motifs is 1. The molecule has 2 fully saturated rings. The highest BCUT2D eigenvalue weighted by atomic mass is 16.3. The molecule has 2 aromatic rings. The van der Waals surface area contributed by atoms with E-state index in [2.05, 4.69) is 26.6 Å². The lowest BCUT2D eigenvalue weighted by Crippen LogP contribution is -2.62. The maximum absolute atomic E-state index is 14.4. The van der Waals surface area contributed by atoms with Gasteiger partial charge in [0.25, 0.3) is 0 Å². The van der Waals surface area contributed by atoms with Crippen molar-refractivity contribution in [2.75, 3.05) is 13.1 Å². The first-order valence-electron chi connectivity index (χ1n) is 18.6. The second kappa shape index (κ2) is 19.2. The normalized spacial score (nSPS) is 25.2. The van der Waals surface area contributed by atoms with Crippen molar-refractivity contribution in [2.24, 2.45) is 17.6 Å². The second-order valence-electron chi connectivity index (χ2n) is 14.8. The summed E-state index contributed by atoms with van der Waals surface area (Å²) in [6.07, 6.45) is 1.84. The molecule has 8 N–H and O–H groups in total. The van der Waals surface area contributed by atoms with Crippen LogP contribution < -0.4 is 32.3 Å². The van der Waals surface area contributed by atoms with Gasteiger partial charge in [0, 0.05) is 19.4 Å². The van der Waals surface area contributed by atoms with E-state index in [4.69, 9.17) is 5.73 Å². The van der Waals surface area contributed by atoms with Gasteiger partial charge in [0.05, 0.1) is 0 Å². The number of phenolic OH excluding ortho intramolecular Hbond substituents is 1. The Bertz CT molecular complexity index is 1580. The fourth-order valence-electron chi connectivity index (χ4n) is 6.79. The fourth-order valence-corrected chi connectivity index (χ4v) is 6.79. The lowest BCUT2D eigenvalue weighted by Gasteiger charge is -2.32. The number of nitrogens with zero attached hydrogens (tertiary/aromatic N) is 1. The Morgan fingerprint density at radius 2 is 1.26 bits per heavy atom. The third-order valence-corrected chi connectivity index (χ3v) is 9.66. The summed E-state index contributed by atoms with van der Waals surface area (Å²) in [6, 6.07) is 9.01. The van der Waals surface area contributed by atoms with E-state index in [1.807, 2.05) is 44.2 Å². The summed E-state index contributed by atoms with van der Waals surface area (Å²) in [5.74, 6) is -3.81. The number of nitrogens with two attached hydrogens (primary N) is 1. The third-order valence-electron chi connectivity index (χ3n) is 9.66. The van der Waals surface area contributed by atoms with Gasteiger partial charge in [0.1, 0.15) is 42.0 Å². The largest absolute Gasteiger partial charge is 0.508 e. The van der Waals surface area contributed by atoms with Gasteiger partial charge in [-0.15, -0.1) is 0 Å². The zero-order valence-electron chi connectivity index (χ0n) is 31.1. The van der Waals surface area contributed by atoms with Crippen molar-refractivity contribution in [3.05, 3.63) is 65.7 Å². The number of phenols is 1. The molecule has 6 atom stereocenters. The van der Waals surface area contributed by atoms with Crippen LogP contribution in [0.25, 0.3) is 0 Å². The highest BCUT2D eigenvalue weighted by Crippen LogP contribution is 2.21. The van der Waals surface area contributed by atoms with Gasteiger partial charge in [-0.05, 0) is 73.7 Å². The number of hydrogen-bond donors (Lipinski definition) is 7. The molecule has 0 spiro atoms. The molecule has 2 saturated heterocycles. The molecule has 0 aliphatic carbocycles. The zero-order chi connectivity index (χ0) is 38.7. The van der Waals surface area contributed by atoms with Crippen molar-refractivity contribution in [3.63, 3.8) is 0 Å². The molecule has 0 unspecified atom stereocenters. The molecule has 0 bridgehead atoms. The topological polar surface area (TPSA) is 212 Å². The van der Waals surface area contributed by atoms with Gasteiger partial charge in [0.15, 0.2) is 0 Å². The Kier molecular flexibility index (Phi) is 14.8. The first-order valence-corrected chi connectivity index (χ1v) is 18.6. The van der Waals surface area contributed by atoms with Crippen molar-refractivity contribution in [1.82, 2.24) is 31.5 Å². The maximum Gasteiger partial charge on any atom is 0.246 e. The monoisotopic (exact) mass is 733 g/mol. The summed E-state index contributed by atoms with van der Waals surface area (Å²) in [6.45, 7) is 7.82. The van der Waals surface area contributed by atoms with E-state index in [0.29, 0.717) is 24.8 Å². The van der Waals surface area contributed by atoms with Crippen molar-refractivity contribution in [1.29, 1.82) is 0 Å². The van der Waals surface area contributed by atoms with Gasteiger partial charge in [-0.2, -0.15) is 0 Å². The molecule has 2 heterocycles. The summed E-state index contributed by atoms with van der Waals surface area (Å²) >= 11 is 0. The van der Waals surface area contributed by atoms with Crippen LogP contribution in [0, 0.1) is 11.8 Å². The Balaban J connectivity index is 1.77. The van der Waals surface area contributed by atoms with Gasteiger partial charge < -0.3 is 42.3 Å². The number of nitrogens with one attached hydrogen (secondary N) is 5. The molecule has 6 amide bonds. The smallest absolute Gasteiger partial charge is 0.246 e. The molecule has 2 aliphatic heterocycles. The van der Waals surface area contributed by atoms with Crippen molar-refractivity contribution in [2.45, 2.75) is 109 Å². The molecule has 14 nitrogen and oxygen atoms in total. The number of carbonyl (C=O) groups is 6. The summed E-state index contributed by atoms with van der Waals surface area (Å²) in [5, 5.41) is 24.0. The Morgan fingerprint density at radius 1 is 0.698 bits per heavy atom. The average molecular weight is 734 g/mol. The van der Waals surface area contributed by atoms with Crippen LogP contribution in [0.4, 0.5) is 0 Å². The Morgan fingerprint density at radius 3 is 1.91 bits per heavy atom. The van der Waals surface area contributed by atoms with Gasteiger partial charge in [-0.1, -0.05) is 70.2 Å². The lowest BCUT2D eigenvalue weighted by atomic mass is 9.98. The quantitative estimate of drug-likeness (QED) is 0.187. The highest BCUT2D eigenvalue weighted by Gasteiger charge is 2.41. The SMILES string of the molecule is CC(C)C[C@@H]1NC(=O)[C@H](CCCN)NC(=O)[C@H](C(C)C)NC(=O)[C@H](Cc2ccc(O)cc2)NC(=O)[C@@H]2CCCN2C(=O)[C@@H](Cc2ccccc2)NC1=O. The number of aromatic hydroxyl groups is 1. The van der Waals surface area contributed by atoms with Crippen LogP contribution in [0.2, 0.25) is 0 Å². The first kappa shape index (κ1) is 40.8. The molecule has 2 aliphatic rings.